The van der Waals surface area contributed by atoms with Gasteiger partial charge in [0, 0.05) is 0 Å². The van der Waals surface area contributed by atoms with Gasteiger partial charge in [-0.2, -0.15) is 13.1 Å². The minimum atomic E-state index is -4.08. The Morgan fingerprint density at radius 3 is 2.60 bits per heavy atom. The molecule has 0 fully saturated rings. The van der Waals surface area contributed by atoms with E-state index in [0.29, 0.717) is 5.69 Å². The number of amides is 1. The molecule has 112 valence electrons. The van der Waals surface area contributed by atoms with Crippen LogP contribution in [0.2, 0.25) is 0 Å². The molecule has 0 radical (unpaired) electrons. The molecule has 1 rings (SSSR count). The summed E-state index contributed by atoms with van der Waals surface area (Å²) >= 11 is 0.856. The first-order chi connectivity index (χ1) is 9.25. The molecule has 11 heteroatoms. The summed E-state index contributed by atoms with van der Waals surface area (Å²) in [4.78, 5) is 25.7. The number of hydrogen-bond acceptors (Lipinski definition) is 7. The maximum atomic E-state index is 11.5. The van der Waals surface area contributed by atoms with Crippen LogP contribution < -0.4 is 9.44 Å². The summed E-state index contributed by atoms with van der Waals surface area (Å²) < 4.78 is 31.0. The molecule has 1 aromatic rings. The largest absolute Gasteiger partial charge is 0.477 e. The molecule has 0 saturated heterocycles. The minimum absolute atomic E-state index is 0.0367. The molecule has 0 aliphatic rings. The third-order valence-corrected chi connectivity index (χ3v) is 4.05. The van der Waals surface area contributed by atoms with Crippen molar-refractivity contribution in [2.75, 3.05) is 6.61 Å². The molecule has 0 saturated carbocycles. The number of carbonyl (C=O) groups excluding carboxylic acids is 1. The normalized spacial score (nSPS) is 11.1. The summed E-state index contributed by atoms with van der Waals surface area (Å²) in [5.74, 6) is -1.13. The van der Waals surface area contributed by atoms with Gasteiger partial charge < -0.3 is 9.84 Å². The van der Waals surface area contributed by atoms with Gasteiger partial charge in [0.05, 0.1) is 18.8 Å². The van der Waals surface area contributed by atoms with Gasteiger partial charge in [0.1, 0.15) is 9.88 Å². The highest BCUT2D eigenvalue weighted by Gasteiger charge is 2.18. The van der Waals surface area contributed by atoms with Gasteiger partial charge in [0.15, 0.2) is 0 Å². The van der Waals surface area contributed by atoms with Crippen LogP contribution in [0, 0.1) is 6.92 Å². The van der Waals surface area contributed by atoms with Gasteiger partial charge in [-0.1, -0.05) is 0 Å². The maximum absolute atomic E-state index is 11.5. The summed E-state index contributed by atoms with van der Waals surface area (Å²) in [5.41, 5.74) is 0.301. The van der Waals surface area contributed by atoms with E-state index >= 15 is 0 Å². The highest BCUT2D eigenvalue weighted by atomic mass is 32.2. The Hall–Kier alpha value is -1.72. The van der Waals surface area contributed by atoms with Crippen LogP contribution in [0.5, 0.6) is 0 Å². The van der Waals surface area contributed by atoms with Crippen molar-refractivity contribution < 1.29 is 27.9 Å². The summed E-state index contributed by atoms with van der Waals surface area (Å²) in [5, 5.41) is 9.12. The summed E-state index contributed by atoms with van der Waals surface area (Å²) in [7, 11) is -4.08. The van der Waals surface area contributed by atoms with Crippen LogP contribution in [0.4, 0.5) is 4.79 Å². The van der Waals surface area contributed by atoms with Crippen molar-refractivity contribution in [2.24, 2.45) is 0 Å². The monoisotopic (exact) mass is 323 g/mol. The number of hydrogen-bond donors (Lipinski definition) is 3. The van der Waals surface area contributed by atoms with Crippen LogP contribution in [0.1, 0.15) is 27.3 Å². The van der Waals surface area contributed by atoms with E-state index in [1.54, 1.807) is 4.72 Å². The smallest absolute Gasteiger partial charge is 0.421 e. The van der Waals surface area contributed by atoms with E-state index in [9.17, 15) is 18.0 Å². The number of carbonyl (C=O) groups is 2. The second-order valence-electron chi connectivity index (χ2n) is 3.47. The van der Waals surface area contributed by atoms with Crippen LogP contribution in [0.15, 0.2) is 0 Å². The number of rotatable bonds is 6. The van der Waals surface area contributed by atoms with Crippen LogP contribution in [-0.2, 0) is 21.5 Å². The molecular weight excluding hydrogens is 310 g/mol. The lowest BCUT2D eigenvalue weighted by Crippen LogP contribution is -2.40. The van der Waals surface area contributed by atoms with Crippen molar-refractivity contribution in [1.82, 2.24) is 14.4 Å². The van der Waals surface area contributed by atoms with Gasteiger partial charge in [0.2, 0.25) is 0 Å². The SMILES string of the molecule is CCOC(=O)NS(=O)(=O)NCc1nc(C)c(C(=O)O)s1. The fourth-order valence-electron chi connectivity index (χ4n) is 1.19. The van der Waals surface area contributed by atoms with Crippen molar-refractivity contribution in [3.05, 3.63) is 15.6 Å². The molecule has 0 aliphatic carbocycles. The Morgan fingerprint density at radius 1 is 1.45 bits per heavy atom. The summed E-state index contributed by atoms with van der Waals surface area (Å²) in [6, 6.07) is 0. The topological polar surface area (TPSA) is 135 Å². The van der Waals surface area contributed by atoms with Gasteiger partial charge in [-0.05, 0) is 13.8 Å². The summed E-state index contributed by atoms with van der Waals surface area (Å²) in [6.45, 7) is 2.85. The number of aryl methyl sites for hydroxylation is 1. The Labute approximate surface area is 119 Å². The highest BCUT2D eigenvalue weighted by molar-refractivity contribution is 7.88. The van der Waals surface area contributed by atoms with Crippen LogP contribution >= 0.6 is 11.3 Å². The van der Waals surface area contributed by atoms with Gasteiger partial charge >= 0.3 is 22.3 Å². The molecule has 0 aliphatic heterocycles. The second-order valence-corrected chi connectivity index (χ2v) is 6.06. The third-order valence-electron chi connectivity index (χ3n) is 1.94. The van der Waals surface area contributed by atoms with Gasteiger partial charge in [0.25, 0.3) is 0 Å². The van der Waals surface area contributed by atoms with E-state index in [-0.39, 0.29) is 23.0 Å². The zero-order chi connectivity index (χ0) is 15.3. The molecule has 0 bridgehead atoms. The summed E-state index contributed by atoms with van der Waals surface area (Å²) in [6.07, 6.45) is -1.10. The fourth-order valence-corrected chi connectivity index (χ4v) is 2.80. The van der Waals surface area contributed by atoms with E-state index < -0.39 is 22.3 Å². The first kappa shape index (κ1) is 16.3. The molecule has 0 atom stereocenters. The Balaban J connectivity index is 2.64. The van der Waals surface area contributed by atoms with Crippen molar-refractivity contribution in [2.45, 2.75) is 20.4 Å². The number of ether oxygens (including phenoxy) is 1. The molecule has 0 aromatic carbocycles. The molecule has 1 aromatic heterocycles. The first-order valence-electron chi connectivity index (χ1n) is 5.39. The number of thiazole rings is 1. The van der Waals surface area contributed by atoms with Crippen molar-refractivity contribution >= 4 is 33.6 Å². The quantitative estimate of drug-likeness (QED) is 0.682. The molecule has 9 nitrogen and oxygen atoms in total. The number of aromatic carboxylic acids is 1. The predicted molar refractivity (Wildman–Crippen MR) is 69.7 cm³/mol. The number of carboxylic acid groups (broad SMARTS) is 1. The van der Waals surface area contributed by atoms with E-state index in [0.717, 1.165) is 11.3 Å². The fraction of sp³-hybridized carbons (Fsp3) is 0.444. The molecular formula is C9H13N3O6S2. The van der Waals surface area contributed by atoms with Crippen molar-refractivity contribution in [3.63, 3.8) is 0 Å². The van der Waals surface area contributed by atoms with Crippen LogP contribution in [0.25, 0.3) is 0 Å². The van der Waals surface area contributed by atoms with Crippen molar-refractivity contribution in [1.29, 1.82) is 0 Å². The lowest BCUT2D eigenvalue weighted by atomic mass is 10.4. The van der Waals surface area contributed by atoms with Crippen LogP contribution in [-0.4, -0.2) is 37.2 Å². The molecule has 1 heterocycles. The first-order valence-corrected chi connectivity index (χ1v) is 7.69. The average molecular weight is 323 g/mol. The standard InChI is InChI=1S/C9H13N3O6S2/c1-3-18-9(15)12-20(16,17)10-4-6-11-5(2)7(19-6)8(13)14/h10H,3-4H2,1-2H3,(H,12,15)(H,13,14). The Kier molecular flexibility index (Phi) is 5.42. The lowest BCUT2D eigenvalue weighted by molar-refractivity contribution is 0.0701. The number of nitrogens with zero attached hydrogens (tertiary/aromatic N) is 1. The van der Waals surface area contributed by atoms with Crippen molar-refractivity contribution in [3.8, 4) is 0 Å². The number of carboxylic acids is 1. The molecule has 0 spiro atoms. The van der Waals surface area contributed by atoms with E-state index in [1.807, 2.05) is 0 Å². The van der Waals surface area contributed by atoms with E-state index in [4.69, 9.17) is 5.11 Å². The number of aromatic nitrogens is 1. The van der Waals surface area contributed by atoms with E-state index in [2.05, 4.69) is 14.4 Å². The van der Waals surface area contributed by atoms with Crippen LogP contribution in [0.3, 0.4) is 0 Å². The number of nitrogens with one attached hydrogen (secondary N) is 2. The van der Waals surface area contributed by atoms with Gasteiger partial charge in [-0.3, -0.25) is 0 Å². The maximum Gasteiger partial charge on any atom is 0.421 e. The predicted octanol–water partition coefficient (Wildman–Crippen LogP) is 0.230. The zero-order valence-electron chi connectivity index (χ0n) is 10.7. The second kappa shape index (κ2) is 6.63. The zero-order valence-corrected chi connectivity index (χ0v) is 12.3. The average Bonchev–Trinajstić information content (AvgIpc) is 2.68. The highest BCUT2D eigenvalue weighted by Crippen LogP contribution is 2.17. The lowest BCUT2D eigenvalue weighted by Gasteiger charge is -2.06. The van der Waals surface area contributed by atoms with E-state index in [1.165, 1.54) is 13.8 Å². The Morgan fingerprint density at radius 2 is 2.10 bits per heavy atom. The molecule has 0 unspecified atom stereocenters. The third kappa shape index (κ3) is 4.75. The van der Waals surface area contributed by atoms with Gasteiger partial charge in [-0.15, -0.1) is 11.3 Å². The minimum Gasteiger partial charge on any atom is -0.477 e. The van der Waals surface area contributed by atoms with Gasteiger partial charge in [-0.25, -0.2) is 19.3 Å². The molecule has 20 heavy (non-hydrogen) atoms. The molecule has 1 amide bonds. The Bertz CT molecular complexity index is 609. The molecule has 3 N–H and O–H groups in total.